The highest BCUT2D eigenvalue weighted by atomic mass is 16.6. The number of carboxylic acids is 1. The molecule has 2 N–H and O–H groups in total. The summed E-state index contributed by atoms with van der Waals surface area (Å²) >= 11 is 0. The number of esters is 1. The minimum Gasteiger partial charge on any atom is -0.478 e. The lowest BCUT2D eigenvalue weighted by Gasteiger charge is -2.29. The summed E-state index contributed by atoms with van der Waals surface area (Å²) in [6.07, 6.45) is 0.594. The van der Waals surface area contributed by atoms with Gasteiger partial charge in [0.25, 0.3) is 5.69 Å². The number of dihydropyridines is 1. The van der Waals surface area contributed by atoms with Gasteiger partial charge in [-0.25, -0.2) is 9.59 Å². The molecule has 0 saturated carbocycles. The summed E-state index contributed by atoms with van der Waals surface area (Å²) in [5.74, 6) is -2.86. The number of benzene rings is 2. The van der Waals surface area contributed by atoms with Gasteiger partial charge in [0.05, 0.1) is 28.6 Å². The third kappa shape index (κ3) is 6.33. The van der Waals surface area contributed by atoms with Crippen molar-refractivity contribution in [2.24, 2.45) is 0 Å². The summed E-state index contributed by atoms with van der Waals surface area (Å²) in [5, 5.41) is 24.1. The van der Waals surface area contributed by atoms with Crippen LogP contribution < -0.4 is 5.32 Å². The van der Waals surface area contributed by atoms with Crippen molar-refractivity contribution in [3.63, 3.8) is 0 Å². The van der Waals surface area contributed by atoms with Crippen LogP contribution in [-0.2, 0) is 20.9 Å². The number of carbonyl (C=O) groups excluding carboxylic acids is 1. The number of allylic oxidation sites excluding steroid dienone is 2. The Kier molecular flexibility index (Phi) is 8.38. The number of ether oxygens (including phenoxy) is 1. The molecule has 1 heterocycles. The zero-order valence-corrected chi connectivity index (χ0v) is 20.0. The lowest BCUT2D eigenvalue weighted by molar-refractivity contribution is -0.384. The molecule has 9 heteroatoms. The molecule has 0 spiro atoms. The first-order valence-electron chi connectivity index (χ1n) is 11.2. The lowest BCUT2D eigenvalue weighted by atomic mass is 9.80. The number of nitro benzene ring substituents is 1. The normalized spacial score (nSPS) is 15.7. The van der Waals surface area contributed by atoms with Gasteiger partial charge in [-0.2, -0.15) is 0 Å². The maximum Gasteiger partial charge on any atom is 0.336 e. The van der Waals surface area contributed by atoms with Crippen molar-refractivity contribution in [2.75, 3.05) is 20.2 Å². The summed E-state index contributed by atoms with van der Waals surface area (Å²) < 4.78 is 5.53. The predicted octanol–water partition coefficient (Wildman–Crippen LogP) is 3.98. The van der Waals surface area contributed by atoms with E-state index in [-0.39, 0.29) is 23.4 Å². The lowest BCUT2D eigenvalue weighted by Crippen LogP contribution is -2.32. The maximum absolute atomic E-state index is 13.1. The Labute approximate surface area is 203 Å². The molecule has 0 amide bonds. The molecule has 0 aliphatic carbocycles. The summed E-state index contributed by atoms with van der Waals surface area (Å²) in [6, 6.07) is 15.7. The van der Waals surface area contributed by atoms with Gasteiger partial charge >= 0.3 is 11.9 Å². The third-order valence-corrected chi connectivity index (χ3v) is 5.84. The van der Waals surface area contributed by atoms with Crippen LogP contribution in [0.2, 0.25) is 0 Å². The van der Waals surface area contributed by atoms with Gasteiger partial charge in [0.15, 0.2) is 0 Å². The van der Waals surface area contributed by atoms with E-state index in [1.807, 2.05) is 37.4 Å². The molecule has 1 atom stereocenters. The van der Waals surface area contributed by atoms with Gasteiger partial charge in [-0.3, -0.25) is 10.1 Å². The molecule has 184 valence electrons. The van der Waals surface area contributed by atoms with E-state index in [0.717, 1.165) is 6.54 Å². The van der Waals surface area contributed by atoms with Gasteiger partial charge in [-0.15, -0.1) is 0 Å². The average Bonchev–Trinajstić information content (AvgIpc) is 2.81. The highest BCUT2D eigenvalue weighted by Gasteiger charge is 2.37. The van der Waals surface area contributed by atoms with Crippen molar-refractivity contribution in [2.45, 2.75) is 32.7 Å². The molecule has 2 aromatic rings. The summed E-state index contributed by atoms with van der Waals surface area (Å²) in [7, 11) is 1.98. The highest BCUT2D eigenvalue weighted by Crippen LogP contribution is 2.39. The second-order valence-electron chi connectivity index (χ2n) is 8.51. The molecule has 1 unspecified atom stereocenters. The molecule has 0 radical (unpaired) electrons. The first kappa shape index (κ1) is 25.6. The molecule has 3 rings (SSSR count). The van der Waals surface area contributed by atoms with Crippen molar-refractivity contribution in [1.29, 1.82) is 0 Å². The van der Waals surface area contributed by atoms with E-state index < -0.39 is 22.8 Å². The van der Waals surface area contributed by atoms with Crippen LogP contribution in [0.4, 0.5) is 5.69 Å². The molecular weight excluding hydrogens is 450 g/mol. The Morgan fingerprint density at radius 1 is 1.09 bits per heavy atom. The van der Waals surface area contributed by atoms with Crippen molar-refractivity contribution < 1.29 is 24.4 Å². The zero-order valence-electron chi connectivity index (χ0n) is 20.0. The summed E-state index contributed by atoms with van der Waals surface area (Å²) in [6.45, 7) is 4.89. The van der Waals surface area contributed by atoms with E-state index in [1.54, 1.807) is 19.9 Å². The Hall–Kier alpha value is -3.98. The van der Waals surface area contributed by atoms with Gasteiger partial charge in [-0.05, 0) is 38.4 Å². The number of hydrogen-bond acceptors (Lipinski definition) is 7. The van der Waals surface area contributed by atoms with Crippen LogP contribution in [0.5, 0.6) is 0 Å². The Balaban J connectivity index is 1.74. The first-order chi connectivity index (χ1) is 16.7. The van der Waals surface area contributed by atoms with Crippen molar-refractivity contribution in [3.05, 3.63) is 98.4 Å². The fourth-order valence-electron chi connectivity index (χ4n) is 4.25. The Bertz CT molecular complexity index is 1170. The summed E-state index contributed by atoms with van der Waals surface area (Å²) in [5.41, 5.74) is 2.24. The molecular formula is C26H29N3O6. The zero-order chi connectivity index (χ0) is 25.5. The smallest absolute Gasteiger partial charge is 0.336 e. The number of nitrogens with one attached hydrogen (secondary N) is 1. The number of non-ortho nitro benzene ring substituents is 1. The van der Waals surface area contributed by atoms with Gasteiger partial charge in [-0.1, -0.05) is 42.5 Å². The van der Waals surface area contributed by atoms with Crippen molar-refractivity contribution >= 4 is 17.6 Å². The fourth-order valence-corrected chi connectivity index (χ4v) is 4.25. The van der Waals surface area contributed by atoms with Crippen LogP contribution in [0.15, 0.2) is 77.1 Å². The van der Waals surface area contributed by atoms with E-state index in [0.29, 0.717) is 29.9 Å². The monoisotopic (exact) mass is 479 g/mol. The molecule has 0 aromatic heterocycles. The predicted molar refractivity (Wildman–Crippen MR) is 130 cm³/mol. The number of nitro groups is 1. The second kappa shape index (κ2) is 11.4. The number of aliphatic carboxylic acids is 1. The van der Waals surface area contributed by atoms with Gasteiger partial charge < -0.3 is 20.1 Å². The average molecular weight is 480 g/mol. The van der Waals surface area contributed by atoms with Gasteiger partial charge in [0, 0.05) is 36.6 Å². The van der Waals surface area contributed by atoms with Crippen molar-refractivity contribution in [3.8, 4) is 0 Å². The molecule has 0 saturated heterocycles. The van der Waals surface area contributed by atoms with Gasteiger partial charge in [0.2, 0.25) is 0 Å². The molecule has 2 aromatic carbocycles. The minimum absolute atomic E-state index is 0.0503. The number of nitrogens with zero attached hydrogens (tertiary/aromatic N) is 2. The first-order valence-corrected chi connectivity index (χ1v) is 11.2. The molecule has 1 aliphatic rings. The molecule has 1 aliphatic heterocycles. The van der Waals surface area contributed by atoms with E-state index in [9.17, 15) is 24.8 Å². The number of carbonyl (C=O) groups is 2. The van der Waals surface area contributed by atoms with Crippen molar-refractivity contribution in [1.82, 2.24) is 10.2 Å². The van der Waals surface area contributed by atoms with E-state index in [4.69, 9.17) is 4.74 Å². The standard InChI is InChI=1S/C26H29N3O6/c1-17-22(25(30)31)24(20-11-7-12-21(15-20)29(33)34)23(18(2)27-17)26(32)35-14-8-13-28(3)16-19-9-5-4-6-10-19/h4-7,9-12,15,24,27H,8,13-14,16H2,1-3H3,(H,30,31). The Morgan fingerprint density at radius 2 is 1.77 bits per heavy atom. The molecule has 35 heavy (non-hydrogen) atoms. The number of rotatable bonds is 10. The Morgan fingerprint density at radius 3 is 2.43 bits per heavy atom. The fraction of sp³-hybridized carbons (Fsp3) is 0.308. The molecule has 9 nitrogen and oxygen atoms in total. The summed E-state index contributed by atoms with van der Waals surface area (Å²) in [4.78, 5) is 38.1. The SMILES string of the molecule is CC1=C(C(=O)O)C(c2cccc([N+](=O)[O-])c2)C(C(=O)OCCCN(C)Cc2ccccc2)=C(C)N1. The minimum atomic E-state index is -1.22. The van der Waals surface area contributed by atoms with Gasteiger partial charge in [0.1, 0.15) is 0 Å². The van der Waals surface area contributed by atoms with E-state index >= 15 is 0 Å². The van der Waals surface area contributed by atoms with Crippen LogP contribution in [0, 0.1) is 10.1 Å². The topological polar surface area (TPSA) is 122 Å². The largest absolute Gasteiger partial charge is 0.478 e. The van der Waals surface area contributed by atoms with Crippen LogP contribution in [0.25, 0.3) is 0 Å². The van der Waals surface area contributed by atoms with Crippen LogP contribution in [-0.4, -0.2) is 47.1 Å². The van der Waals surface area contributed by atoms with Crippen LogP contribution >= 0.6 is 0 Å². The third-order valence-electron chi connectivity index (χ3n) is 5.84. The molecule has 0 fully saturated rings. The van der Waals surface area contributed by atoms with E-state index in [2.05, 4.69) is 10.2 Å². The number of hydrogen-bond donors (Lipinski definition) is 2. The van der Waals surface area contributed by atoms with E-state index in [1.165, 1.54) is 23.8 Å². The second-order valence-corrected chi connectivity index (χ2v) is 8.51. The number of carboxylic acid groups (broad SMARTS) is 1. The highest BCUT2D eigenvalue weighted by molar-refractivity contribution is 5.99. The maximum atomic E-state index is 13.1. The molecule has 0 bridgehead atoms. The van der Waals surface area contributed by atoms with Crippen LogP contribution in [0.1, 0.15) is 37.3 Å². The quantitative estimate of drug-likeness (QED) is 0.227. The van der Waals surface area contributed by atoms with Crippen LogP contribution in [0.3, 0.4) is 0 Å².